The molecule has 0 bridgehead atoms. The van der Waals surface area contributed by atoms with E-state index in [0.29, 0.717) is 11.3 Å². The number of hydrogen-bond donors (Lipinski definition) is 2. The highest BCUT2D eigenvalue weighted by Gasteiger charge is 2.09. The van der Waals surface area contributed by atoms with E-state index in [1.165, 1.54) is 0 Å². The highest BCUT2D eigenvalue weighted by atomic mass is 16.1. The van der Waals surface area contributed by atoms with Crippen molar-refractivity contribution in [1.29, 1.82) is 0 Å². The van der Waals surface area contributed by atoms with Crippen LogP contribution in [0.2, 0.25) is 0 Å². The third-order valence-electron chi connectivity index (χ3n) is 3.15. The molecule has 0 radical (unpaired) electrons. The van der Waals surface area contributed by atoms with E-state index in [0.717, 1.165) is 16.9 Å². The van der Waals surface area contributed by atoms with Gasteiger partial charge >= 0.3 is 0 Å². The molecule has 2 aromatic carbocycles. The van der Waals surface area contributed by atoms with Crippen LogP contribution in [-0.2, 0) is 0 Å². The van der Waals surface area contributed by atoms with E-state index in [9.17, 15) is 4.79 Å². The summed E-state index contributed by atoms with van der Waals surface area (Å²) in [5, 5.41) is 2.88. The summed E-state index contributed by atoms with van der Waals surface area (Å²) in [4.78, 5) is 14.2. The molecule has 0 aliphatic rings. The molecule has 2 aromatic rings. The van der Waals surface area contributed by atoms with Crippen LogP contribution < -0.4 is 16.0 Å². The van der Waals surface area contributed by atoms with E-state index >= 15 is 0 Å². The van der Waals surface area contributed by atoms with Gasteiger partial charge in [0, 0.05) is 36.7 Å². The molecule has 20 heavy (non-hydrogen) atoms. The first-order chi connectivity index (χ1) is 9.47. The lowest BCUT2D eigenvalue weighted by Crippen LogP contribution is -2.14. The average Bonchev–Trinajstić information content (AvgIpc) is 2.42. The van der Waals surface area contributed by atoms with Crippen molar-refractivity contribution in [2.45, 2.75) is 6.92 Å². The molecule has 104 valence electrons. The zero-order chi connectivity index (χ0) is 14.7. The van der Waals surface area contributed by atoms with Crippen LogP contribution in [0, 0.1) is 6.92 Å². The first-order valence-electron chi connectivity index (χ1n) is 6.42. The number of rotatable bonds is 3. The third kappa shape index (κ3) is 3.09. The Balaban J connectivity index is 2.17. The lowest BCUT2D eigenvalue weighted by Gasteiger charge is -2.13. The molecule has 0 fully saturated rings. The number of carbonyl (C=O) groups is 1. The number of nitrogens with two attached hydrogens (primary N) is 1. The summed E-state index contributed by atoms with van der Waals surface area (Å²) < 4.78 is 0. The number of nitrogens with zero attached hydrogens (tertiary/aromatic N) is 1. The van der Waals surface area contributed by atoms with Crippen LogP contribution in [0.15, 0.2) is 42.5 Å². The third-order valence-corrected chi connectivity index (χ3v) is 3.15. The van der Waals surface area contributed by atoms with E-state index in [1.54, 1.807) is 12.1 Å². The molecule has 0 spiro atoms. The molecule has 0 saturated carbocycles. The second kappa shape index (κ2) is 5.65. The van der Waals surface area contributed by atoms with Gasteiger partial charge in [0.2, 0.25) is 0 Å². The summed E-state index contributed by atoms with van der Waals surface area (Å²) in [7, 11) is 3.95. The Morgan fingerprint density at radius 3 is 2.35 bits per heavy atom. The quantitative estimate of drug-likeness (QED) is 0.842. The van der Waals surface area contributed by atoms with Crippen LogP contribution in [0.5, 0.6) is 0 Å². The maximum Gasteiger partial charge on any atom is 0.256 e. The smallest absolute Gasteiger partial charge is 0.256 e. The van der Waals surface area contributed by atoms with Crippen molar-refractivity contribution in [3.05, 3.63) is 53.6 Å². The Bertz CT molecular complexity index is 618. The molecule has 4 nitrogen and oxygen atoms in total. The van der Waals surface area contributed by atoms with E-state index in [-0.39, 0.29) is 5.91 Å². The summed E-state index contributed by atoms with van der Waals surface area (Å²) in [5.74, 6) is -0.146. The zero-order valence-corrected chi connectivity index (χ0v) is 12.0. The molecule has 3 N–H and O–H groups in total. The van der Waals surface area contributed by atoms with Crippen LogP contribution in [0.4, 0.5) is 17.1 Å². The Morgan fingerprint density at radius 2 is 1.75 bits per heavy atom. The second-order valence-corrected chi connectivity index (χ2v) is 4.97. The first-order valence-corrected chi connectivity index (χ1v) is 6.42. The van der Waals surface area contributed by atoms with Crippen molar-refractivity contribution < 1.29 is 4.79 Å². The van der Waals surface area contributed by atoms with Crippen molar-refractivity contribution in [1.82, 2.24) is 0 Å². The van der Waals surface area contributed by atoms with Gasteiger partial charge < -0.3 is 16.0 Å². The minimum atomic E-state index is -0.146. The standard InChI is InChI=1S/C16H19N3O/c1-11-4-5-12(17)10-15(11)16(20)18-13-6-8-14(9-7-13)19(2)3/h4-10H,17H2,1-3H3,(H,18,20). The molecule has 1 amide bonds. The number of nitrogen functional groups attached to an aromatic ring is 1. The molecule has 0 unspecified atom stereocenters. The average molecular weight is 269 g/mol. The molecule has 4 heteroatoms. The molecular formula is C16H19N3O. The molecular weight excluding hydrogens is 250 g/mol. The van der Waals surface area contributed by atoms with Gasteiger partial charge in [0.25, 0.3) is 5.91 Å². The molecule has 0 atom stereocenters. The van der Waals surface area contributed by atoms with Gasteiger partial charge in [-0.2, -0.15) is 0 Å². The Kier molecular flexibility index (Phi) is 3.94. The van der Waals surface area contributed by atoms with Crippen molar-refractivity contribution >= 4 is 23.0 Å². The maximum absolute atomic E-state index is 12.2. The SMILES string of the molecule is Cc1ccc(N)cc1C(=O)Nc1ccc(N(C)C)cc1. The van der Waals surface area contributed by atoms with E-state index in [4.69, 9.17) is 5.73 Å². The first kappa shape index (κ1) is 13.9. The fourth-order valence-electron chi connectivity index (χ4n) is 1.93. The number of amides is 1. The van der Waals surface area contributed by atoms with Gasteiger partial charge in [-0.3, -0.25) is 4.79 Å². The van der Waals surface area contributed by atoms with Crippen molar-refractivity contribution in [3.8, 4) is 0 Å². The summed E-state index contributed by atoms with van der Waals surface area (Å²) in [5.41, 5.74) is 9.67. The molecule has 0 aromatic heterocycles. The number of anilines is 3. The second-order valence-electron chi connectivity index (χ2n) is 4.97. The number of nitrogens with one attached hydrogen (secondary N) is 1. The Morgan fingerprint density at radius 1 is 1.10 bits per heavy atom. The summed E-state index contributed by atoms with van der Waals surface area (Å²) in [6.45, 7) is 1.89. The molecule has 0 heterocycles. The Labute approximate surface area is 119 Å². The van der Waals surface area contributed by atoms with Gasteiger partial charge in [0.05, 0.1) is 0 Å². The predicted molar refractivity (Wildman–Crippen MR) is 84.3 cm³/mol. The highest BCUT2D eigenvalue weighted by Crippen LogP contribution is 2.18. The Hall–Kier alpha value is -2.49. The fourth-order valence-corrected chi connectivity index (χ4v) is 1.93. The maximum atomic E-state index is 12.2. The van der Waals surface area contributed by atoms with Gasteiger partial charge in [0.1, 0.15) is 0 Å². The van der Waals surface area contributed by atoms with Gasteiger partial charge in [0.15, 0.2) is 0 Å². The topological polar surface area (TPSA) is 58.4 Å². The lowest BCUT2D eigenvalue weighted by molar-refractivity contribution is 0.102. The summed E-state index contributed by atoms with van der Waals surface area (Å²) in [6, 6.07) is 13.0. The van der Waals surface area contributed by atoms with Crippen molar-refractivity contribution in [3.63, 3.8) is 0 Å². The molecule has 0 aliphatic heterocycles. The number of carbonyl (C=O) groups excluding carboxylic acids is 1. The molecule has 0 saturated heterocycles. The predicted octanol–water partition coefficient (Wildman–Crippen LogP) is 2.90. The van der Waals surface area contributed by atoms with Crippen LogP contribution in [-0.4, -0.2) is 20.0 Å². The molecule has 2 rings (SSSR count). The summed E-state index contributed by atoms with van der Waals surface area (Å²) >= 11 is 0. The fraction of sp³-hybridized carbons (Fsp3) is 0.188. The number of benzene rings is 2. The molecule has 0 aliphatic carbocycles. The normalized spacial score (nSPS) is 10.2. The van der Waals surface area contributed by atoms with Crippen molar-refractivity contribution in [2.24, 2.45) is 0 Å². The van der Waals surface area contributed by atoms with Crippen LogP contribution >= 0.6 is 0 Å². The largest absolute Gasteiger partial charge is 0.399 e. The number of hydrogen-bond acceptors (Lipinski definition) is 3. The van der Waals surface area contributed by atoms with Gasteiger partial charge in [-0.15, -0.1) is 0 Å². The minimum absolute atomic E-state index is 0.146. The van der Waals surface area contributed by atoms with Gasteiger partial charge in [-0.1, -0.05) is 6.07 Å². The monoisotopic (exact) mass is 269 g/mol. The van der Waals surface area contributed by atoms with E-state index < -0.39 is 0 Å². The zero-order valence-electron chi connectivity index (χ0n) is 12.0. The van der Waals surface area contributed by atoms with E-state index in [2.05, 4.69) is 5.32 Å². The number of aryl methyl sites for hydroxylation is 1. The van der Waals surface area contributed by atoms with Crippen LogP contribution in [0.3, 0.4) is 0 Å². The highest BCUT2D eigenvalue weighted by molar-refractivity contribution is 6.05. The van der Waals surface area contributed by atoms with Gasteiger partial charge in [-0.25, -0.2) is 0 Å². The van der Waals surface area contributed by atoms with E-state index in [1.807, 2.05) is 56.3 Å². The van der Waals surface area contributed by atoms with Crippen LogP contribution in [0.1, 0.15) is 15.9 Å². The van der Waals surface area contributed by atoms with Gasteiger partial charge in [-0.05, 0) is 48.9 Å². The van der Waals surface area contributed by atoms with Crippen LogP contribution in [0.25, 0.3) is 0 Å². The lowest BCUT2D eigenvalue weighted by atomic mass is 10.1. The van der Waals surface area contributed by atoms with Crippen molar-refractivity contribution in [2.75, 3.05) is 30.0 Å². The summed E-state index contributed by atoms with van der Waals surface area (Å²) in [6.07, 6.45) is 0. The minimum Gasteiger partial charge on any atom is -0.399 e.